The van der Waals surface area contributed by atoms with Crippen LogP contribution < -0.4 is 4.90 Å². The molecule has 0 bridgehead atoms. The van der Waals surface area contributed by atoms with Crippen LogP contribution in [-0.4, -0.2) is 16.7 Å². The van der Waals surface area contributed by atoms with Crippen molar-refractivity contribution in [1.29, 1.82) is 5.41 Å². The lowest BCUT2D eigenvalue weighted by Gasteiger charge is -2.45. The number of aryl methyl sites for hydroxylation is 2. The zero-order valence-corrected chi connectivity index (χ0v) is 21.6. The number of carbonyl (C=O) groups excluding carboxylic acids is 1. The number of hydrogen-bond donors (Lipinski definition) is 2. The van der Waals surface area contributed by atoms with Crippen molar-refractivity contribution < 1.29 is 14.3 Å². The van der Waals surface area contributed by atoms with Gasteiger partial charge in [0.1, 0.15) is 17.4 Å². The molecule has 0 saturated heterocycles. The van der Waals surface area contributed by atoms with Crippen molar-refractivity contribution in [3.05, 3.63) is 118 Å². The summed E-state index contributed by atoms with van der Waals surface area (Å²) in [5.74, 6) is -1.53. The highest BCUT2D eigenvalue weighted by Gasteiger charge is 2.47. The van der Waals surface area contributed by atoms with Crippen LogP contribution in [0.15, 0.2) is 89.6 Å². The monoisotopic (exact) mass is 494 g/mol. The van der Waals surface area contributed by atoms with Gasteiger partial charge in [0.15, 0.2) is 5.78 Å². The normalized spacial score (nSPS) is 20.7. The van der Waals surface area contributed by atoms with Crippen LogP contribution in [0.2, 0.25) is 0 Å². The summed E-state index contributed by atoms with van der Waals surface area (Å²) in [5.41, 5.74) is 4.60. The maximum Gasteiger partial charge on any atom is 0.162 e. The molecule has 3 aromatic rings. The number of Topliss-reactive ketones (excluding diaryl/α,β-unsaturated/α-hetero) is 1. The fraction of sp³-hybridized carbons (Fsp3) is 0.250. The van der Waals surface area contributed by atoms with Crippen LogP contribution in [0.5, 0.6) is 0 Å². The van der Waals surface area contributed by atoms with E-state index >= 15 is 4.39 Å². The van der Waals surface area contributed by atoms with Gasteiger partial charge in [0.05, 0.1) is 5.69 Å². The van der Waals surface area contributed by atoms with Crippen LogP contribution in [0.4, 0.5) is 10.1 Å². The van der Waals surface area contributed by atoms with E-state index in [2.05, 4.69) is 0 Å². The Morgan fingerprint density at radius 1 is 0.973 bits per heavy atom. The van der Waals surface area contributed by atoms with Gasteiger partial charge in [-0.15, -0.1) is 0 Å². The second-order valence-electron chi connectivity index (χ2n) is 10.9. The van der Waals surface area contributed by atoms with E-state index in [0.29, 0.717) is 29.7 Å². The largest absolute Gasteiger partial charge is 0.507 e. The molecule has 0 aromatic heterocycles. The van der Waals surface area contributed by atoms with Crippen LogP contribution in [0.25, 0.3) is 5.76 Å². The van der Waals surface area contributed by atoms with E-state index < -0.39 is 11.7 Å². The predicted octanol–water partition coefficient (Wildman–Crippen LogP) is 7.64. The maximum absolute atomic E-state index is 15.4. The second kappa shape index (κ2) is 9.15. The number of carbonyl (C=O) groups is 1. The van der Waals surface area contributed by atoms with Crippen LogP contribution in [0.1, 0.15) is 54.9 Å². The third kappa shape index (κ3) is 4.29. The van der Waals surface area contributed by atoms with Gasteiger partial charge in [0.25, 0.3) is 0 Å². The molecule has 1 aliphatic heterocycles. The van der Waals surface area contributed by atoms with Crippen LogP contribution in [-0.2, 0) is 4.79 Å². The molecule has 1 unspecified atom stereocenters. The third-order valence-electron chi connectivity index (χ3n) is 7.38. The lowest BCUT2D eigenvalue weighted by molar-refractivity contribution is -0.118. The van der Waals surface area contributed by atoms with Crippen molar-refractivity contribution in [1.82, 2.24) is 0 Å². The molecule has 188 valence electrons. The zero-order valence-electron chi connectivity index (χ0n) is 21.6. The molecule has 0 spiro atoms. The Morgan fingerprint density at radius 2 is 1.62 bits per heavy atom. The zero-order chi connectivity index (χ0) is 26.5. The molecule has 1 atom stereocenters. The number of aliphatic hydroxyl groups excluding tert-OH is 1. The second-order valence-corrected chi connectivity index (χ2v) is 10.9. The van der Waals surface area contributed by atoms with Gasteiger partial charge in [0.2, 0.25) is 0 Å². The van der Waals surface area contributed by atoms with E-state index in [0.717, 1.165) is 16.8 Å². The summed E-state index contributed by atoms with van der Waals surface area (Å²) in [6.45, 7) is 8.01. The number of para-hydroxylation sites is 1. The van der Waals surface area contributed by atoms with Crippen molar-refractivity contribution in [2.24, 2.45) is 5.41 Å². The summed E-state index contributed by atoms with van der Waals surface area (Å²) in [4.78, 5) is 15.7. The Morgan fingerprint density at radius 3 is 2.30 bits per heavy atom. The molecule has 37 heavy (non-hydrogen) atoms. The molecule has 2 aliphatic rings. The summed E-state index contributed by atoms with van der Waals surface area (Å²) in [5, 5.41) is 21.2. The van der Waals surface area contributed by atoms with E-state index in [1.54, 1.807) is 35.2 Å². The SMILES string of the molecule is Cc1ccc(/C(O)=C2\C(=N)N(c3ccccc3C)C3=C(C(=O)CC(C)(C)C3)C2c2ccccc2F)cc1. The molecule has 4 nitrogen and oxygen atoms in total. The Labute approximate surface area is 217 Å². The lowest BCUT2D eigenvalue weighted by atomic mass is 9.67. The molecule has 0 saturated carbocycles. The van der Waals surface area contributed by atoms with Gasteiger partial charge in [-0.1, -0.05) is 80.1 Å². The predicted molar refractivity (Wildman–Crippen MR) is 146 cm³/mol. The first kappa shape index (κ1) is 24.7. The van der Waals surface area contributed by atoms with Gasteiger partial charge < -0.3 is 5.11 Å². The quantitative estimate of drug-likeness (QED) is 0.368. The molecule has 0 radical (unpaired) electrons. The Balaban J connectivity index is 1.89. The Kier molecular flexibility index (Phi) is 6.10. The van der Waals surface area contributed by atoms with E-state index in [1.807, 2.05) is 64.1 Å². The molecule has 0 fully saturated rings. The molecular formula is C32H31FN2O2. The summed E-state index contributed by atoms with van der Waals surface area (Å²) in [6, 6.07) is 21.4. The van der Waals surface area contributed by atoms with Crippen LogP contribution in [0, 0.1) is 30.5 Å². The van der Waals surface area contributed by atoms with Gasteiger partial charge in [-0.25, -0.2) is 4.39 Å². The minimum absolute atomic E-state index is 0.0462. The Hall–Kier alpha value is -3.99. The number of hydrogen-bond acceptors (Lipinski definition) is 3. The van der Waals surface area contributed by atoms with E-state index in [4.69, 9.17) is 0 Å². The van der Waals surface area contributed by atoms with Crippen molar-refractivity contribution in [3.8, 4) is 0 Å². The van der Waals surface area contributed by atoms with Gasteiger partial charge in [0, 0.05) is 40.3 Å². The van der Waals surface area contributed by atoms with Crippen LogP contribution in [0.3, 0.4) is 0 Å². The van der Waals surface area contributed by atoms with E-state index in [-0.39, 0.29) is 33.9 Å². The number of anilines is 1. The molecule has 3 aromatic carbocycles. The molecule has 1 aliphatic carbocycles. The average molecular weight is 495 g/mol. The lowest BCUT2D eigenvalue weighted by Crippen LogP contribution is -2.45. The maximum atomic E-state index is 15.4. The number of aliphatic hydroxyl groups is 1. The van der Waals surface area contributed by atoms with Crippen molar-refractivity contribution in [2.75, 3.05) is 4.90 Å². The third-order valence-corrected chi connectivity index (χ3v) is 7.38. The first-order valence-corrected chi connectivity index (χ1v) is 12.5. The summed E-state index contributed by atoms with van der Waals surface area (Å²) < 4.78 is 15.4. The number of allylic oxidation sites excluding steroid dienone is 2. The first-order valence-electron chi connectivity index (χ1n) is 12.5. The molecule has 5 rings (SSSR count). The Bertz CT molecular complexity index is 1480. The number of nitrogens with one attached hydrogen (secondary N) is 1. The standard InChI is InChI=1S/C32H31FN2O2/c1-19-13-15-21(16-14-19)30(37)29-27(22-10-6-7-11-23(22)33)28-25(17-32(3,4)18-26(28)36)35(31(29)34)24-12-8-5-9-20(24)2/h5-16,27,34,37H,17-18H2,1-4H3/b30-29+,34-31?. The first-order chi connectivity index (χ1) is 17.6. The van der Waals surface area contributed by atoms with Gasteiger partial charge >= 0.3 is 0 Å². The van der Waals surface area contributed by atoms with E-state index in [9.17, 15) is 15.3 Å². The highest BCUT2D eigenvalue weighted by atomic mass is 19.1. The topological polar surface area (TPSA) is 64.4 Å². The molecule has 1 heterocycles. The number of halogens is 1. The highest BCUT2D eigenvalue weighted by molar-refractivity contribution is 6.20. The summed E-state index contributed by atoms with van der Waals surface area (Å²) in [6.07, 6.45) is 0.860. The smallest absolute Gasteiger partial charge is 0.162 e. The van der Waals surface area contributed by atoms with Crippen molar-refractivity contribution in [3.63, 3.8) is 0 Å². The van der Waals surface area contributed by atoms with Gasteiger partial charge in [-0.3, -0.25) is 15.1 Å². The molecular weight excluding hydrogens is 463 g/mol. The fourth-order valence-corrected chi connectivity index (χ4v) is 5.58. The number of nitrogens with zero attached hydrogens (tertiary/aromatic N) is 1. The van der Waals surface area contributed by atoms with Crippen molar-refractivity contribution >= 4 is 23.1 Å². The minimum atomic E-state index is -0.895. The molecule has 0 amide bonds. The molecule has 2 N–H and O–H groups in total. The van der Waals surface area contributed by atoms with Crippen molar-refractivity contribution in [2.45, 2.75) is 46.5 Å². The van der Waals surface area contributed by atoms with E-state index in [1.165, 1.54) is 6.07 Å². The number of rotatable bonds is 3. The average Bonchev–Trinajstić information content (AvgIpc) is 2.84. The number of amidine groups is 1. The van der Waals surface area contributed by atoms with Crippen LogP contribution >= 0.6 is 0 Å². The summed E-state index contributed by atoms with van der Waals surface area (Å²) in [7, 11) is 0. The summed E-state index contributed by atoms with van der Waals surface area (Å²) >= 11 is 0. The number of benzene rings is 3. The van der Waals surface area contributed by atoms with Gasteiger partial charge in [-0.2, -0.15) is 0 Å². The highest BCUT2D eigenvalue weighted by Crippen LogP contribution is 2.51. The fourth-order valence-electron chi connectivity index (χ4n) is 5.58. The number of ketones is 1. The molecule has 5 heteroatoms. The van der Waals surface area contributed by atoms with Gasteiger partial charge in [-0.05, 0) is 43.4 Å². The minimum Gasteiger partial charge on any atom is -0.507 e.